The maximum absolute atomic E-state index is 13.8. The summed E-state index contributed by atoms with van der Waals surface area (Å²) in [5.74, 6) is -3.91. The Morgan fingerprint density at radius 3 is 2.17 bits per heavy atom. The zero-order valence-electron chi connectivity index (χ0n) is 28.8. The molecule has 0 saturated carbocycles. The van der Waals surface area contributed by atoms with Crippen LogP contribution in [0.15, 0.2) is 114 Å². The molecule has 0 aromatic heterocycles. The number of ether oxygens (including phenoxy) is 1. The monoisotopic (exact) mass is 783 g/mol. The van der Waals surface area contributed by atoms with Crippen molar-refractivity contribution in [1.82, 2.24) is 9.80 Å². The molecule has 6 rings (SSSR count). The first kappa shape index (κ1) is 39.9. The second-order valence-electron chi connectivity index (χ2n) is 12.8. The Morgan fingerprint density at radius 1 is 0.889 bits per heavy atom. The van der Waals surface area contributed by atoms with E-state index < -0.39 is 54.1 Å². The fourth-order valence-corrected chi connectivity index (χ4v) is 6.68. The van der Waals surface area contributed by atoms with Gasteiger partial charge in [0.05, 0.1) is 29.8 Å². The van der Waals surface area contributed by atoms with Crippen molar-refractivity contribution in [2.24, 2.45) is 4.99 Å². The molecule has 4 aromatic carbocycles. The SMILES string of the molecule is O=C(O)[C@H](N=C(c1ccccc1)c1ccccc1[N-]C(=O)[C@@H]1CCCN1Cc1ccccc1)[C@@H](CC(=O)N1CCOC1=O)c1ccc(C(F)(F)F)cc1.[Ni]. The van der Waals surface area contributed by atoms with Gasteiger partial charge >= 0.3 is 18.2 Å². The smallest absolute Gasteiger partial charge is 0.416 e. The van der Waals surface area contributed by atoms with Gasteiger partial charge < -0.3 is 20.0 Å². The number of benzene rings is 4. The second kappa shape index (κ2) is 17.7. The average Bonchev–Trinajstić information content (AvgIpc) is 3.81. The number of halogens is 3. The van der Waals surface area contributed by atoms with Gasteiger partial charge in [-0.2, -0.15) is 13.2 Å². The fraction of sp³-hybridized carbons (Fsp3) is 0.275. The van der Waals surface area contributed by atoms with Crippen molar-refractivity contribution in [1.29, 1.82) is 0 Å². The average molecular weight is 784 g/mol. The molecule has 0 bridgehead atoms. The first-order valence-corrected chi connectivity index (χ1v) is 17.1. The molecule has 0 unspecified atom stereocenters. The third-order valence-corrected chi connectivity index (χ3v) is 9.34. The number of carbonyl (C=O) groups is 4. The molecule has 54 heavy (non-hydrogen) atoms. The summed E-state index contributed by atoms with van der Waals surface area (Å²) >= 11 is 0. The molecule has 0 aliphatic carbocycles. The van der Waals surface area contributed by atoms with Crippen molar-refractivity contribution in [3.05, 3.63) is 142 Å². The standard InChI is InChI=1S/C40H37F3N4O6.Ni/c41-40(42,43)29-19-17-27(18-20-29)31(24-34(48)47-22-23-53-39(47)52)36(38(50)51)45-35(28-12-5-2-6-13-28)30-14-7-8-15-32(30)44-37(49)33-16-9-21-46(33)25-26-10-3-1-4-11-26;/h1-8,10-15,17-20,31,33,36H,9,16,21-25H2,(H2,44,45,49,50,51);/p-1/t31-,33-,36+;/m0./s1. The fourth-order valence-electron chi connectivity index (χ4n) is 6.68. The van der Waals surface area contributed by atoms with Crippen LogP contribution in [0.4, 0.5) is 23.7 Å². The van der Waals surface area contributed by atoms with Crippen molar-refractivity contribution in [2.45, 2.75) is 50.0 Å². The topological polar surface area (TPSA) is 131 Å². The van der Waals surface area contributed by atoms with Crippen molar-refractivity contribution >= 4 is 35.3 Å². The van der Waals surface area contributed by atoms with E-state index in [0.29, 0.717) is 24.1 Å². The summed E-state index contributed by atoms with van der Waals surface area (Å²) in [6.45, 7) is 1.20. The number of para-hydroxylation sites is 1. The van der Waals surface area contributed by atoms with Crippen molar-refractivity contribution < 1.29 is 58.7 Å². The second-order valence-corrected chi connectivity index (χ2v) is 12.8. The van der Waals surface area contributed by atoms with Crippen LogP contribution in [0, 0.1) is 0 Å². The van der Waals surface area contributed by atoms with Gasteiger partial charge in [-0.25, -0.2) is 14.5 Å². The number of likely N-dealkylation sites (tertiary alicyclic amines) is 1. The van der Waals surface area contributed by atoms with Gasteiger partial charge in [-0.3, -0.25) is 14.7 Å². The van der Waals surface area contributed by atoms with Crippen molar-refractivity contribution in [2.75, 3.05) is 19.7 Å². The molecule has 2 aliphatic rings. The van der Waals surface area contributed by atoms with Gasteiger partial charge in [0.25, 0.3) is 0 Å². The Bertz CT molecular complexity index is 1980. The number of hydrogen-bond acceptors (Lipinski definition) is 7. The number of aliphatic imine (C=N–C) groups is 1. The molecule has 14 heteroatoms. The maximum Gasteiger partial charge on any atom is 0.416 e. The van der Waals surface area contributed by atoms with E-state index in [4.69, 9.17) is 9.73 Å². The van der Waals surface area contributed by atoms with Gasteiger partial charge in [0.2, 0.25) is 5.91 Å². The first-order valence-electron chi connectivity index (χ1n) is 17.1. The molecule has 2 fully saturated rings. The van der Waals surface area contributed by atoms with Gasteiger partial charge in [0.15, 0.2) is 6.04 Å². The molecule has 0 spiro atoms. The van der Waals surface area contributed by atoms with Crippen molar-refractivity contribution in [3.8, 4) is 0 Å². The Kier molecular flexibility index (Phi) is 13.0. The molecule has 284 valence electrons. The zero-order valence-corrected chi connectivity index (χ0v) is 29.8. The molecular formula is C40H36F3N4NiO6-. The summed E-state index contributed by atoms with van der Waals surface area (Å²) in [4.78, 5) is 60.3. The number of carboxylic acid groups (broad SMARTS) is 1. The normalized spacial score (nSPS) is 17.3. The summed E-state index contributed by atoms with van der Waals surface area (Å²) in [6, 6.07) is 26.7. The maximum atomic E-state index is 13.8. The third-order valence-electron chi connectivity index (χ3n) is 9.34. The predicted molar refractivity (Wildman–Crippen MR) is 190 cm³/mol. The van der Waals surface area contributed by atoms with Crippen LogP contribution in [0.3, 0.4) is 0 Å². The van der Waals surface area contributed by atoms with Crippen LogP contribution in [-0.4, -0.2) is 76.3 Å². The van der Waals surface area contributed by atoms with E-state index in [0.717, 1.165) is 47.7 Å². The molecule has 0 radical (unpaired) electrons. The quantitative estimate of drug-likeness (QED) is 0.118. The Hall–Kier alpha value is -5.33. The zero-order chi connectivity index (χ0) is 37.5. The number of nitrogens with zero attached hydrogens (tertiary/aromatic N) is 4. The molecule has 4 aromatic rings. The van der Waals surface area contributed by atoms with Crippen LogP contribution in [0.5, 0.6) is 0 Å². The first-order chi connectivity index (χ1) is 25.5. The van der Waals surface area contributed by atoms with Gasteiger partial charge in [-0.1, -0.05) is 97.1 Å². The van der Waals surface area contributed by atoms with E-state index in [9.17, 15) is 37.5 Å². The number of imide groups is 1. The van der Waals surface area contributed by atoms with Gasteiger partial charge in [-0.05, 0) is 48.2 Å². The number of rotatable bonds is 12. The molecule has 3 atom stereocenters. The molecule has 2 aliphatic heterocycles. The summed E-state index contributed by atoms with van der Waals surface area (Å²) in [6.07, 6.45) is -4.70. The van der Waals surface area contributed by atoms with Crippen LogP contribution in [0.1, 0.15) is 53.0 Å². The Labute approximate surface area is 319 Å². The summed E-state index contributed by atoms with van der Waals surface area (Å²) in [5, 5.41) is 15.2. The minimum Gasteiger partial charge on any atom is -0.625 e. The summed E-state index contributed by atoms with van der Waals surface area (Å²) < 4.78 is 45.4. The number of alkyl halides is 3. The summed E-state index contributed by atoms with van der Waals surface area (Å²) in [5.41, 5.74) is 1.40. The number of amides is 3. The Balaban J connectivity index is 0.00000561. The van der Waals surface area contributed by atoms with Gasteiger partial charge in [0, 0.05) is 40.9 Å². The minimum absolute atomic E-state index is 0. The van der Waals surface area contributed by atoms with Crippen LogP contribution in [-0.2, 0) is 48.3 Å². The minimum atomic E-state index is -4.66. The third kappa shape index (κ3) is 9.42. The number of cyclic esters (lactones) is 1. The van der Waals surface area contributed by atoms with E-state index in [1.807, 2.05) is 30.3 Å². The molecular weight excluding hydrogens is 748 g/mol. The number of carbonyl (C=O) groups excluding carboxylic acids is 3. The largest absolute Gasteiger partial charge is 0.625 e. The molecule has 1 N–H and O–H groups in total. The van der Waals surface area contributed by atoms with E-state index in [2.05, 4.69) is 10.2 Å². The van der Waals surface area contributed by atoms with Crippen LogP contribution < -0.4 is 0 Å². The molecule has 2 saturated heterocycles. The van der Waals surface area contributed by atoms with E-state index >= 15 is 0 Å². The van der Waals surface area contributed by atoms with E-state index in [-0.39, 0.29) is 52.5 Å². The molecule has 3 amide bonds. The number of aliphatic carboxylic acids is 1. The summed E-state index contributed by atoms with van der Waals surface area (Å²) in [7, 11) is 0. The van der Waals surface area contributed by atoms with Crippen LogP contribution in [0.2, 0.25) is 0 Å². The molecule has 10 nitrogen and oxygen atoms in total. The number of carboxylic acids is 1. The van der Waals surface area contributed by atoms with Gasteiger partial charge in [0.1, 0.15) is 6.61 Å². The van der Waals surface area contributed by atoms with Crippen LogP contribution >= 0.6 is 0 Å². The van der Waals surface area contributed by atoms with Crippen molar-refractivity contribution in [3.63, 3.8) is 0 Å². The van der Waals surface area contributed by atoms with Gasteiger partial charge in [-0.15, -0.1) is 5.69 Å². The van der Waals surface area contributed by atoms with Crippen LogP contribution in [0.25, 0.3) is 5.32 Å². The Morgan fingerprint density at radius 2 is 1.54 bits per heavy atom. The predicted octanol–water partition coefficient (Wildman–Crippen LogP) is 7.34. The van der Waals surface area contributed by atoms with E-state index in [1.54, 1.807) is 54.6 Å². The number of hydrogen-bond donors (Lipinski definition) is 1. The molecule has 2 heterocycles. The van der Waals surface area contributed by atoms with E-state index in [1.165, 1.54) is 0 Å².